The maximum Gasteiger partial charge on any atom is 0.270 e. The lowest BCUT2D eigenvalue weighted by Gasteiger charge is -2.18. The van der Waals surface area contributed by atoms with Gasteiger partial charge < -0.3 is 5.73 Å². The van der Waals surface area contributed by atoms with Crippen LogP contribution >= 0.6 is 0 Å². The van der Waals surface area contributed by atoms with E-state index in [4.69, 9.17) is 5.73 Å². The molecule has 19 heavy (non-hydrogen) atoms. The Morgan fingerprint density at radius 2 is 2.05 bits per heavy atom. The van der Waals surface area contributed by atoms with E-state index in [1.165, 1.54) is 4.80 Å². The van der Waals surface area contributed by atoms with E-state index >= 15 is 0 Å². The van der Waals surface area contributed by atoms with Crippen LogP contribution in [0.15, 0.2) is 30.3 Å². The Morgan fingerprint density at radius 3 is 2.63 bits per heavy atom. The Bertz CT molecular complexity index is 552. The fourth-order valence-electron chi connectivity index (χ4n) is 1.69. The molecule has 0 aliphatic rings. The van der Waals surface area contributed by atoms with E-state index in [1.807, 2.05) is 30.3 Å². The predicted octanol–water partition coefficient (Wildman–Crippen LogP) is 0.485. The van der Waals surface area contributed by atoms with Gasteiger partial charge >= 0.3 is 0 Å². The van der Waals surface area contributed by atoms with Crippen LogP contribution in [0.4, 0.5) is 5.95 Å². The van der Waals surface area contributed by atoms with Crippen molar-refractivity contribution in [2.24, 2.45) is 18.7 Å². The van der Waals surface area contributed by atoms with Crippen molar-refractivity contribution in [1.29, 1.82) is 0 Å². The van der Waals surface area contributed by atoms with Crippen LogP contribution in [-0.2, 0) is 11.8 Å². The van der Waals surface area contributed by atoms with Crippen molar-refractivity contribution in [3.8, 4) is 0 Å². The standard InChI is InChI=1S/C12H16N6O/c1-8(10(13)9-6-4-3-5-7-9)11(19)14-12-15-17-18(2)16-12/h3-8,10H,13H2,1-2H3,(H,14,16,19). The summed E-state index contributed by atoms with van der Waals surface area (Å²) in [5, 5.41) is 13.8. The molecule has 0 aliphatic heterocycles. The minimum absolute atomic E-state index is 0.180. The van der Waals surface area contributed by atoms with Crippen molar-refractivity contribution in [2.45, 2.75) is 13.0 Å². The van der Waals surface area contributed by atoms with E-state index in [2.05, 4.69) is 20.7 Å². The van der Waals surface area contributed by atoms with E-state index in [1.54, 1.807) is 14.0 Å². The summed E-state index contributed by atoms with van der Waals surface area (Å²) in [5.74, 6) is -0.449. The van der Waals surface area contributed by atoms with Gasteiger partial charge in [-0.2, -0.15) is 4.80 Å². The molecule has 0 aliphatic carbocycles. The number of nitrogens with one attached hydrogen (secondary N) is 1. The van der Waals surface area contributed by atoms with E-state index in [-0.39, 0.29) is 17.9 Å². The zero-order valence-corrected chi connectivity index (χ0v) is 10.8. The van der Waals surface area contributed by atoms with Crippen LogP contribution in [0.3, 0.4) is 0 Å². The van der Waals surface area contributed by atoms with E-state index in [0.29, 0.717) is 0 Å². The third-order valence-electron chi connectivity index (χ3n) is 2.88. The average Bonchev–Trinajstić information content (AvgIpc) is 2.83. The highest BCUT2D eigenvalue weighted by Crippen LogP contribution is 2.19. The minimum atomic E-state index is -0.397. The van der Waals surface area contributed by atoms with Crippen LogP contribution in [0.25, 0.3) is 0 Å². The Kier molecular flexibility index (Phi) is 3.86. The summed E-state index contributed by atoms with van der Waals surface area (Å²) >= 11 is 0. The predicted molar refractivity (Wildman–Crippen MR) is 70.0 cm³/mol. The number of nitrogens with zero attached hydrogens (tertiary/aromatic N) is 4. The summed E-state index contributed by atoms with van der Waals surface area (Å²) in [7, 11) is 1.63. The van der Waals surface area contributed by atoms with Gasteiger partial charge in [0.15, 0.2) is 0 Å². The maximum atomic E-state index is 12.0. The van der Waals surface area contributed by atoms with Gasteiger partial charge in [-0.25, -0.2) is 0 Å². The number of hydrogen-bond donors (Lipinski definition) is 2. The molecule has 2 atom stereocenters. The molecule has 0 spiro atoms. The van der Waals surface area contributed by atoms with Gasteiger partial charge in [-0.05, 0) is 10.8 Å². The Labute approximate surface area is 110 Å². The molecule has 0 saturated heterocycles. The normalized spacial score (nSPS) is 13.8. The molecule has 0 fully saturated rings. The lowest BCUT2D eigenvalue weighted by atomic mass is 9.95. The Morgan fingerprint density at radius 1 is 1.37 bits per heavy atom. The number of amides is 1. The summed E-state index contributed by atoms with van der Waals surface area (Å²) in [6.07, 6.45) is 0. The first-order valence-corrected chi connectivity index (χ1v) is 5.93. The second kappa shape index (κ2) is 5.57. The van der Waals surface area contributed by atoms with Crippen molar-refractivity contribution < 1.29 is 4.79 Å². The van der Waals surface area contributed by atoms with E-state index in [9.17, 15) is 4.79 Å². The number of aromatic nitrogens is 4. The molecule has 2 rings (SSSR count). The number of aryl methyl sites for hydroxylation is 1. The monoisotopic (exact) mass is 260 g/mol. The number of anilines is 1. The van der Waals surface area contributed by atoms with Crippen LogP contribution in [0.2, 0.25) is 0 Å². The van der Waals surface area contributed by atoms with Gasteiger partial charge in [-0.1, -0.05) is 42.4 Å². The molecule has 2 aromatic rings. The molecule has 0 saturated carbocycles. The fourth-order valence-corrected chi connectivity index (χ4v) is 1.69. The van der Waals surface area contributed by atoms with Crippen molar-refractivity contribution in [1.82, 2.24) is 20.2 Å². The highest BCUT2D eigenvalue weighted by molar-refractivity contribution is 5.91. The first kappa shape index (κ1) is 13.2. The number of carbonyl (C=O) groups is 1. The Hall–Kier alpha value is -2.28. The minimum Gasteiger partial charge on any atom is -0.323 e. The summed E-state index contributed by atoms with van der Waals surface area (Å²) in [6.45, 7) is 1.77. The second-order valence-electron chi connectivity index (χ2n) is 4.32. The van der Waals surface area contributed by atoms with Gasteiger partial charge in [0.1, 0.15) is 0 Å². The summed E-state index contributed by atoms with van der Waals surface area (Å²) in [6, 6.07) is 9.11. The lowest BCUT2D eigenvalue weighted by molar-refractivity contribution is -0.120. The molecule has 1 heterocycles. The largest absolute Gasteiger partial charge is 0.323 e. The second-order valence-corrected chi connectivity index (χ2v) is 4.32. The van der Waals surface area contributed by atoms with Crippen LogP contribution in [-0.4, -0.2) is 26.1 Å². The van der Waals surface area contributed by atoms with E-state index in [0.717, 1.165) is 5.56 Å². The number of hydrogen-bond acceptors (Lipinski definition) is 5. The molecule has 1 aromatic carbocycles. The molecule has 1 amide bonds. The van der Waals surface area contributed by atoms with Gasteiger partial charge in [0.2, 0.25) is 5.91 Å². The lowest BCUT2D eigenvalue weighted by Crippen LogP contribution is -2.30. The van der Waals surface area contributed by atoms with Gasteiger partial charge in [0, 0.05) is 6.04 Å². The average molecular weight is 260 g/mol. The van der Waals surface area contributed by atoms with Gasteiger partial charge in [-0.3, -0.25) is 10.1 Å². The van der Waals surface area contributed by atoms with E-state index < -0.39 is 5.92 Å². The molecule has 100 valence electrons. The number of nitrogens with two attached hydrogens (primary N) is 1. The molecular formula is C12H16N6O. The number of benzene rings is 1. The zero-order chi connectivity index (χ0) is 13.8. The molecule has 7 heteroatoms. The van der Waals surface area contributed by atoms with Crippen molar-refractivity contribution in [3.63, 3.8) is 0 Å². The van der Waals surface area contributed by atoms with Crippen LogP contribution in [0, 0.1) is 5.92 Å². The maximum absolute atomic E-state index is 12.0. The molecule has 0 radical (unpaired) electrons. The van der Waals surface area contributed by atoms with Crippen LogP contribution < -0.4 is 11.1 Å². The summed E-state index contributed by atoms with van der Waals surface area (Å²) < 4.78 is 0. The quantitative estimate of drug-likeness (QED) is 0.833. The van der Waals surface area contributed by atoms with Gasteiger partial charge in [0.25, 0.3) is 5.95 Å². The first-order valence-electron chi connectivity index (χ1n) is 5.93. The van der Waals surface area contributed by atoms with Crippen LogP contribution in [0.1, 0.15) is 18.5 Å². The third-order valence-corrected chi connectivity index (χ3v) is 2.88. The molecule has 7 nitrogen and oxygen atoms in total. The Balaban J connectivity index is 2.03. The summed E-state index contributed by atoms with van der Waals surface area (Å²) in [5.41, 5.74) is 6.99. The fraction of sp³-hybridized carbons (Fsp3) is 0.333. The van der Waals surface area contributed by atoms with Gasteiger partial charge in [-0.15, -0.1) is 5.10 Å². The topological polar surface area (TPSA) is 98.7 Å². The number of tetrazole rings is 1. The zero-order valence-electron chi connectivity index (χ0n) is 10.8. The summed E-state index contributed by atoms with van der Waals surface area (Å²) in [4.78, 5) is 13.3. The molecular weight excluding hydrogens is 244 g/mol. The first-order chi connectivity index (χ1) is 9.08. The molecule has 0 bridgehead atoms. The van der Waals surface area contributed by atoms with Crippen molar-refractivity contribution in [2.75, 3.05) is 5.32 Å². The highest BCUT2D eigenvalue weighted by atomic mass is 16.2. The molecule has 3 N–H and O–H groups in total. The number of rotatable bonds is 4. The SMILES string of the molecule is CC(C(=O)Nc1nnn(C)n1)C(N)c1ccccc1. The van der Waals surface area contributed by atoms with Gasteiger partial charge in [0.05, 0.1) is 13.0 Å². The number of carbonyl (C=O) groups excluding carboxylic acids is 1. The third kappa shape index (κ3) is 3.14. The van der Waals surface area contributed by atoms with Crippen LogP contribution in [0.5, 0.6) is 0 Å². The van der Waals surface area contributed by atoms with Crippen molar-refractivity contribution >= 4 is 11.9 Å². The molecule has 2 unspecified atom stereocenters. The smallest absolute Gasteiger partial charge is 0.270 e. The highest BCUT2D eigenvalue weighted by Gasteiger charge is 2.23. The van der Waals surface area contributed by atoms with Crippen molar-refractivity contribution in [3.05, 3.63) is 35.9 Å². The molecule has 1 aromatic heterocycles.